The van der Waals surface area contributed by atoms with E-state index in [1.807, 2.05) is 25.2 Å². The lowest BCUT2D eigenvalue weighted by Gasteiger charge is -2.35. The zero-order chi connectivity index (χ0) is 13.0. The fourth-order valence-electron chi connectivity index (χ4n) is 2.63. The van der Waals surface area contributed by atoms with Gasteiger partial charge in [-0.3, -0.25) is 0 Å². The molecule has 18 heavy (non-hydrogen) atoms. The SMILES string of the molecule is CNCC1CCCN(c2cccc(Br)c2C#N)C1. The molecule has 1 saturated heterocycles. The van der Waals surface area contributed by atoms with Crippen LogP contribution in [-0.2, 0) is 0 Å². The van der Waals surface area contributed by atoms with Gasteiger partial charge in [-0.05, 0) is 60.4 Å². The normalized spacial score (nSPS) is 19.6. The molecule has 1 fully saturated rings. The lowest BCUT2D eigenvalue weighted by Crippen LogP contribution is -2.39. The van der Waals surface area contributed by atoms with E-state index in [4.69, 9.17) is 0 Å². The molecule has 1 aromatic rings. The summed E-state index contributed by atoms with van der Waals surface area (Å²) in [7, 11) is 2.00. The van der Waals surface area contributed by atoms with Crippen LogP contribution in [0.5, 0.6) is 0 Å². The van der Waals surface area contributed by atoms with Gasteiger partial charge in [-0.1, -0.05) is 6.07 Å². The highest BCUT2D eigenvalue weighted by atomic mass is 79.9. The lowest BCUT2D eigenvalue weighted by atomic mass is 9.97. The molecular weight excluding hydrogens is 290 g/mol. The molecule has 0 saturated carbocycles. The summed E-state index contributed by atoms with van der Waals surface area (Å²) >= 11 is 3.46. The third-order valence-corrected chi connectivity index (χ3v) is 4.12. The molecule has 4 heteroatoms. The molecular formula is C14H18BrN3. The van der Waals surface area contributed by atoms with E-state index in [0.29, 0.717) is 5.92 Å². The van der Waals surface area contributed by atoms with E-state index in [1.54, 1.807) is 0 Å². The molecule has 0 aliphatic carbocycles. The molecule has 1 heterocycles. The highest BCUT2D eigenvalue weighted by Crippen LogP contribution is 2.30. The van der Waals surface area contributed by atoms with Gasteiger partial charge in [0, 0.05) is 17.6 Å². The first-order chi connectivity index (χ1) is 8.76. The molecule has 0 amide bonds. The molecule has 1 atom stereocenters. The van der Waals surface area contributed by atoms with E-state index < -0.39 is 0 Å². The highest BCUT2D eigenvalue weighted by molar-refractivity contribution is 9.10. The van der Waals surface area contributed by atoms with Gasteiger partial charge in [0.1, 0.15) is 6.07 Å². The Morgan fingerprint density at radius 3 is 3.11 bits per heavy atom. The summed E-state index contributed by atoms with van der Waals surface area (Å²) < 4.78 is 0.887. The van der Waals surface area contributed by atoms with E-state index >= 15 is 0 Å². The number of nitriles is 1. The summed E-state index contributed by atoms with van der Waals surface area (Å²) in [5.74, 6) is 0.675. The number of benzene rings is 1. The third kappa shape index (κ3) is 2.85. The van der Waals surface area contributed by atoms with Crippen LogP contribution < -0.4 is 10.2 Å². The smallest absolute Gasteiger partial charge is 0.103 e. The number of piperidine rings is 1. The number of anilines is 1. The van der Waals surface area contributed by atoms with Gasteiger partial charge >= 0.3 is 0 Å². The van der Waals surface area contributed by atoms with Crippen LogP contribution in [0.15, 0.2) is 22.7 Å². The molecule has 3 nitrogen and oxygen atoms in total. The Morgan fingerprint density at radius 1 is 1.56 bits per heavy atom. The molecule has 1 unspecified atom stereocenters. The Bertz CT molecular complexity index is 451. The molecule has 1 aliphatic heterocycles. The van der Waals surface area contributed by atoms with E-state index in [1.165, 1.54) is 12.8 Å². The minimum absolute atomic E-state index is 0.675. The third-order valence-electron chi connectivity index (χ3n) is 3.46. The van der Waals surface area contributed by atoms with E-state index in [2.05, 4.69) is 32.2 Å². The fraction of sp³-hybridized carbons (Fsp3) is 0.500. The number of hydrogen-bond donors (Lipinski definition) is 1. The molecule has 0 radical (unpaired) electrons. The molecule has 0 spiro atoms. The Labute approximate surface area is 117 Å². The van der Waals surface area contributed by atoms with E-state index in [9.17, 15) is 5.26 Å². The average molecular weight is 308 g/mol. The average Bonchev–Trinajstić information content (AvgIpc) is 2.39. The van der Waals surface area contributed by atoms with Gasteiger partial charge in [0.05, 0.1) is 11.3 Å². The van der Waals surface area contributed by atoms with Crippen LogP contribution in [0.2, 0.25) is 0 Å². The van der Waals surface area contributed by atoms with Crippen molar-refractivity contribution in [1.82, 2.24) is 5.32 Å². The summed E-state index contributed by atoms with van der Waals surface area (Å²) in [5, 5.41) is 12.5. The maximum Gasteiger partial charge on any atom is 0.103 e. The number of nitrogens with zero attached hydrogens (tertiary/aromatic N) is 2. The molecule has 96 valence electrons. The van der Waals surface area contributed by atoms with Gasteiger partial charge in [-0.15, -0.1) is 0 Å². The Morgan fingerprint density at radius 2 is 2.39 bits per heavy atom. The summed E-state index contributed by atoms with van der Waals surface area (Å²) in [5.41, 5.74) is 1.82. The van der Waals surface area contributed by atoms with Crippen molar-refractivity contribution in [3.63, 3.8) is 0 Å². The highest BCUT2D eigenvalue weighted by Gasteiger charge is 2.21. The van der Waals surface area contributed by atoms with Crippen molar-refractivity contribution in [3.8, 4) is 6.07 Å². The number of nitrogens with one attached hydrogen (secondary N) is 1. The van der Waals surface area contributed by atoms with Crippen LogP contribution in [0, 0.1) is 17.2 Å². The standard InChI is InChI=1S/C14H18BrN3/c1-17-9-11-4-3-7-18(10-11)14-6-2-5-13(15)12(14)8-16/h2,5-6,11,17H,3-4,7,9-10H2,1H3. The second kappa shape index (κ2) is 6.21. The second-order valence-electron chi connectivity index (χ2n) is 4.76. The molecule has 1 N–H and O–H groups in total. The number of rotatable bonds is 3. The zero-order valence-corrected chi connectivity index (χ0v) is 12.2. The summed E-state index contributed by atoms with van der Waals surface area (Å²) in [6.45, 7) is 3.13. The van der Waals surface area contributed by atoms with Gasteiger partial charge in [0.25, 0.3) is 0 Å². The fourth-order valence-corrected chi connectivity index (χ4v) is 3.07. The molecule has 1 aromatic carbocycles. The van der Waals surface area contributed by atoms with Crippen LogP contribution in [0.3, 0.4) is 0 Å². The van der Waals surface area contributed by atoms with Gasteiger partial charge in [0.15, 0.2) is 0 Å². The van der Waals surface area contributed by atoms with Crippen LogP contribution in [0.1, 0.15) is 18.4 Å². The van der Waals surface area contributed by atoms with Crippen molar-refractivity contribution in [2.24, 2.45) is 5.92 Å². The zero-order valence-electron chi connectivity index (χ0n) is 10.6. The Kier molecular flexibility index (Phi) is 4.62. The van der Waals surface area contributed by atoms with Crippen LogP contribution in [0.4, 0.5) is 5.69 Å². The van der Waals surface area contributed by atoms with Crippen molar-refractivity contribution >= 4 is 21.6 Å². The maximum absolute atomic E-state index is 9.28. The van der Waals surface area contributed by atoms with E-state index in [0.717, 1.165) is 35.4 Å². The van der Waals surface area contributed by atoms with Crippen molar-refractivity contribution in [1.29, 1.82) is 5.26 Å². The minimum atomic E-state index is 0.675. The van der Waals surface area contributed by atoms with Gasteiger partial charge in [0.2, 0.25) is 0 Å². The molecule has 0 aromatic heterocycles. The number of halogens is 1. The molecule has 0 bridgehead atoms. The summed E-state index contributed by atoms with van der Waals surface area (Å²) in [6.07, 6.45) is 2.47. The van der Waals surface area contributed by atoms with E-state index in [-0.39, 0.29) is 0 Å². The largest absolute Gasteiger partial charge is 0.370 e. The van der Waals surface area contributed by atoms with Crippen molar-refractivity contribution in [2.75, 3.05) is 31.6 Å². The predicted octanol–water partition coefficient (Wildman–Crippen LogP) is 2.76. The Hall–Kier alpha value is -1.05. The topological polar surface area (TPSA) is 39.1 Å². The van der Waals surface area contributed by atoms with Crippen LogP contribution in [0.25, 0.3) is 0 Å². The summed E-state index contributed by atoms with van der Waals surface area (Å²) in [6, 6.07) is 8.28. The van der Waals surface area contributed by atoms with Gasteiger partial charge in [-0.25, -0.2) is 0 Å². The first-order valence-corrected chi connectivity index (χ1v) is 7.13. The second-order valence-corrected chi connectivity index (χ2v) is 5.61. The lowest BCUT2D eigenvalue weighted by molar-refractivity contribution is 0.402. The quantitative estimate of drug-likeness (QED) is 0.933. The van der Waals surface area contributed by atoms with Crippen molar-refractivity contribution in [2.45, 2.75) is 12.8 Å². The minimum Gasteiger partial charge on any atom is -0.370 e. The van der Waals surface area contributed by atoms with Crippen molar-refractivity contribution < 1.29 is 0 Å². The first-order valence-electron chi connectivity index (χ1n) is 6.34. The van der Waals surface area contributed by atoms with Crippen molar-refractivity contribution in [3.05, 3.63) is 28.2 Å². The monoisotopic (exact) mass is 307 g/mol. The summed E-state index contributed by atoms with van der Waals surface area (Å²) in [4.78, 5) is 2.34. The van der Waals surface area contributed by atoms with Gasteiger partial charge < -0.3 is 10.2 Å². The van der Waals surface area contributed by atoms with Gasteiger partial charge in [-0.2, -0.15) is 5.26 Å². The predicted molar refractivity (Wildman–Crippen MR) is 77.7 cm³/mol. The Balaban J connectivity index is 2.21. The molecule has 1 aliphatic rings. The molecule has 2 rings (SSSR count). The van der Waals surface area contributed by atoms with Crippen LogP contribution >= 0.6 is 15.9 Å². The number of hydrogen-bond acceptors (Lipinski definition) is 3. The first kappa shape index (κ1) is 13.4. The van der Waals surface area contributed by atoms with Crippen LogP contribution in [-0.4, -0.2) is 26.7 Å². The maximum atomic E-state index is 9.28.